The van der Waals surface area contributed by atoms with Crippen molar-refractivity contribution in [1.29, 1.82) is 0 Å². The van der Waals surface area contributed by atoms with Gasteiger partial charge in [-0.15, -0.1) is 0 Å². The number of hydrogen-bond donors (Lipinski definition) is 0. The molecule has 0 aliphatic carbocycles. The summed E-state index contributed by atoms with van der Waals surface area (Å²) in [6.45, 7) is 5.00. The van der Waals surface area contributed by atoms with Gasteiger partial charge in [0.05, 0.1) is 21.3 Å². The molecule has 6 nitrogen and oxygen atoms in total. The van der Waals surface area contributed by atoms with Crippen molar-refractivity contribution in [1.82, 2.24) is 14.7 Å². The fraction of sp³-hybridized carbons (Fsp3) is 0.400. The first-order valence-electron chi connectivity index (χ1n) is 12.4. The van der Waals surface area contributed by atoms with Gasteiger partial charge >= 0.3 is 0 Å². The lowest BCUT2D eigenvalue weighted by Crippen LogP contribution is -2.21. The number of nitrogens with zero attached hydrogens (tertiary/aromatic N) is 3. The first kappa shape index (κ1) is 26.0. The van der Waals surface area contributed by atoms with Gasteiger partial charge in [-0.1, -0.05) is 18.2 Å². The Labute approximate surface area is 216 Å². The molecule has 0 atom stereocenters. The second kappa shape index (κ2) is 11.8. The maximum atomic E-state index is 5.64. The van der Waals surface area contributed by atoms with Gasteiger partial charge in [-0.3, -0.25) is 14.7 Å². The predicted octanol–water partition coefficient (Wildman–Crippen LogP) is 4.92. The molecule has 1 aliphatic rings. The fourth-order valence-corrected chi connectivity index (χ4v) is 5.12. The third kappa shape index (κ3) is 7.00. The predicted molar refractivity (Wildman–Crippen MR) is 144 cm³/mol. The Balaban J connectivity index is 1.73. The van der Waals surface area contributed by atoms with Crippen LogP contribution in [0.15, 0.2) is 54.6 Å². The van der Waals surface area contributed by atoms with Gasteiger partial charge in [0.15, 0.2) is 0 Å². The molecule has 0 N–H and O–H groups in total. The zero-order chi connectivity index (χ0) is 25.7. The van der Waals surface area contributed by atoms with Crippen LogP contribution in [0.2, 0.25) is 0 Å². The van der Waals surface area contributed by atoms with E-state index in [9.17, 15) is 0 Å². The van der Waals surface area contributed by atoms with Crippen molar-refractivity contribution in [3.05, 3.63) is 88.0 Å². The Hall–Kier alpha value is -3.06. The SMILES string of the molecule is COc1cc2cc(c1)CN(C)Cc1cc(cc(OC)c1)CN(C)Cc1cc(cc(OC)c1)CN(C)C2. The van der Waals surface area contributed by atoms with Crippen molar-refractivity contribution < 1.29 is 14.2 Å². The Morgan fingerprint density at radius 2 is 0.583 bits per heavy atom. The van der Waals surface area contributed by atoms with E-state index in [0.29, 0.717) is 0 Å². The Kier molecular flexibility index (Phi) is 8.52. The molecule has 6 bridgehead atoms. The summed E-state index contributed by atoms with van der Waals surface area (Å²) in [6, 6.07) is 19.7. The van der Waals surface area contributed by atoms with Crippen LogP contribution in [0.4, 0.5) is 0 Å². The first-order chi connectivity index (χ1) is 17.3. The van der Waals surface area contributed by atoms with E-state index in [2.05, 4.69) is 90.4 Å². The van der Waals surface area contributed by atoms with E-state index >= 15 is 0 Å². The van der Waals surface area contributed by atoms with Crippen LogP contribution >= 0.6 is 0 Å². The molecule has 0 amide bonds. The van der Waals surface area contributed by atoms with Crippen molar-refractivity contribution in [3.63, 3.8) is 0 Å². The highest BCUT2D eigenvalue weighted by Crippen LogP contribution is 2.25. The summed E-state index contributed by atoms with van der Waals surface area (Å²) in [5.41, 5.74) is 7.46. The van der Waals surface area contributed by atoms with E-state index in [4.69, 9.17) is 14.2 Å². The summed E-state index contributed by atoms with van der Waals surface area (Å²) in [5.74, 6) is 2.69. The Morgan fingerprint density at radius 3 is 0.750 bits per heavy atom. The Morgan fingerprint density at radius 1 is 0.389 bits per heavy atom. The molecule has 0 unspecified atom stereocenters. The maximum Gasteiger partial charge on any atom is 0.119 e. The number of ether oxygens (including phenoxy) is 3. The van der Waals surface area contributed by atoms with E-state index in [1.54, 1.807) is 21.3 Å². The minimum Gasteiger partial charge on any atom is -0.497 e. The van der Waals surface area contributed by atoms with Gasteiger partial charge in [0.2, 0.25) is 0 Å². The second-order valence-electron chi connectivity index (χ2n) is 10.1. The number of rotatable bonds is 3. The van der Waals surface area contributed by atoms with Crippen molar-refractivity contribution in [3.8, 4) is 17.2 Å². The number of benzene rings is 3. The van der Waals surface area contributed by atoms with Gasteiger partial charge in [0.1, 0.15) is 17.2 Å². The summed E-state index contributed by atoms with van der Waals surface area (Å²) >= 11 is 0. The lowest BCUT2D eigenvalue weighted by Gasteiger charge is -2.23. The fourth-order valence-electron chi connectivity index (χ4n) is 5.12. The van der Waals surface area contributed by atoms with Gasteiger partial charge in [0.25, 0.3) is 0 Å². The lowest BCUT2D eigenvalue weighted by atomic mass is 10.1. The van der Waals surface area contributed by atoms with Crippen LogP contribution in [-0.4, -0.2) is 57.2 Å². The zero-order valence-corrected chi connectivity index (χ0v) is 22.5. The summed E-state index contributed by atoms with van der Waals surface area (Å²) in [4.78, 5) is 7.01. The minimum atomic E-state index is 0.833. The molecule has 0 radical (unpaired) electrons. The van der Waals surface area contributed by atoms with Gasteiger partial charge < -0.3 is 14.2 Å². The largest absolute Gasteiger partial charge is 0.497 e. The smallest absolute Gasteiger partial charge is 0.119 e. The first-order valence-corrected chi connectivity index (χ1v) is 12.4. The zero-order valence-electron chi connectivity index (χ0n) is 22.5. The molecule has 3 aromatic rings. The summed E-state index contributed by atoms with van der Waals surface area (Å²) in [7, 11) is 11.7. The highest BCUT2D eigenvalue weighted by Gasteiger charge is 2.13. The van der Waals surface area contributed by atoms with Crippen LogP contribution in [0.5, 0.6) is 17.2 Å². The van der Waals surface area contributed by atoms with E-state index in [-0.39, 0.29) is 0 Å². The molecule has 4 rings (SSSR count). The molecule has 0 saturated carbocycles. The molecule has 3 aromatic carbocycles. The third-order valence-electron chi connectivity index (χ3n) is 6.50. The van der Waals surface area contributed by atoms with E-state index in [0.717, 1.165) is 56.5 Å². The number of hydrogen-bond acceptors (Lipinski definition) is 6. The summed E-state index contributed by atoms with van der Waals surface area (Å²) in [6.07, 6.45) is 0. The molecule has 1 aliphatic heterocycles. The van der Waals surface area contributed by atoms with Gasteiger partial charge in [-0.2, -0.15) is 0 Å². The van der Waals surface area contributed by atoms with E-state index in [1.165, 1.54) is 33.4 Å². The standard InChI is InChI=1S/C30H39N3O3/c1-31-16-22-7-24(12-28(10-22)34-4)18-32(2)20-26-9-27(15-30(14-26)36-6)21-33(3)19-25-8-23(17-31)11-29(13-25)35-5/h7-15H,16-21H2,1-6H3. The average molecular weight is 490 g/mol. The van der Waals surface area contributed by atoms with Crippen LogP contribution in [0.1, 0.15) is 33.4 Å². The van der Waals surface area contributed by atoms with Crippen LogP contribution in [0.3, 0.4) is 0 Å². The van der Waals surface area contributed by atoms with Crippen LogP contribution in [0.25, 0.3) is 0 Å². The molecule has 1 heterocycles. The molecular formula is C30H39N3O3. The van der Waals surface area contributed by atoms with Crippen LogP contribution in [-0.2, 0) is 39.3 Å². The third-order valence-corrected chi connectivity index (χ3v) is 6.50. The van der Waals surface area contributed by atoms with Gasteiger partial charge in [0, 0.05) is 39.3 Å². The molecule has 0 saturated heterocycles. The highest BCUT2D eigenvalue weighted by atomic mass is 16.5. The van der Waals surface area contributed by atoms with Crippen molar-refractivity contribution in [2.75, 3.05) is 42.5 Å². The summed E-state index contributed by atoms with van der Waals surface area (Å²) < 4.78 is 16.9. The minimum absolute atomic E-state index is 0.833. The van der Waals surface area contributed by atoms with E-state index in [1.807, 2.05) is 0 Å². The maximum absolute atomic E-state index is 5.64. The molecular weight excluding hydrogens is 450 g/mol. The number of methoxy groups -OCH3 is 3. The molecule has 0 aromatic heterocycles. The molecule has 0 fully saturated rings. The quantitative estimate of drug-likeness (QED) is 0.520. The lowest BCUT2D eigenvalue weighted by molar-refractivity contribution is 0.305. The molecule has 36 heavy (non-hydrogen) atoms. The summed E-state index contributed by atoms with van der Waals surface area (Å²) in [5, 5.41) is 0. The van der Waals surface area contributed by atoms with Crippen molar-refractivity contribution in [2.24, 2.45) is 0 Å². The van der Waals surface area contributed by atoms with Gasteiger partial charge in [-0.25, -0.2) is 0 Å². The monoisotopic (exact) mass is 489 g/mol. The van der Waals surface area contributed by atoms with Crippen molar-refractivity contribution >= 4 is 0 Å². The van der Waals surface area contributed by atoms with Crippen LogP contribution < -0.4 is 14.2 Å². The topological polar surface area (TPSA) is 37.4 Å². The average Bonchev–Trinajstić information content (AvgIpc) is 2.82. The molecule has 192 valence electrons. The molecule has 6 heteroatoms. The van der Waals surface area contributed by atoms with Gasteiger partial charge in [-0.05, 0) is 90.9 Å². The van der Waals surface area contributed by atoms with Crippen molar-refractivity contribution in [2.45, 2.75) is 39.3 Å². The normalized spacial score (nSPS) is 16.2. The highest BCUT2D eigenvalue weighted by molar-refractivity contribution is 5.37. The molecule has 0 spiro atoms. The van der Waals surface area contributed by atoms with E-state index < -0.39 is 0 Å². The second-order valence-corrected chi connectivity index (χ2v) is 10.1. The van der Waals surface area contributed by atoms with Crippen LogP contribution in [0, 0.1) is 0 Å². The number of fused-ring (bicyclic) bond motifs is 6. The Bertz CT molecular complexity index is 961.